The minimum atomic E-state index is -0.231. The van der Waals surface area contributed by atoms with Crippen molar-refractivity contribution < 1.29 is 4.39 Å². The predicted molar refractivity (Wildman–Crippen MR) is 59.6 cm³/mol. The van der Waals surface area contributed by atoms with E-state index in [0.29, 0.717) is 10.2 Å². The van der Waals surface area contributed by atoms with Crippen molar-refractivity contribution in [1.82, 2.24) is 9.97 Å². The Bertz CT molecular complexity index is 548. The van der Waals surface area contributed by atoms with Crippen LogP contribution >= 0.6 is 12.2 Å². The average Bonchev–Trinajstić information content (AvgIpc) is 2.23. The first-order chi connectivity index (χ1) is 7.20. The van der Waals surface area contributed by atoms with Gasteiger partial charge >= 0.3 is 0 Å². The highest BCUT2D eigenvalue weighted by atomic mass is 32.1. The molecule has 0 amide bonds. The first-order valence-electron chi connectivity index (χ1n) is 4.48. The zero-order valence-electron chi connectivity index (χ0n) is 8.12. The molecule has 0 radical (unpaired) electrons. The van der Waals surface area contributed by atoms with E-state index in [1.807, 2.05) is 6.07 Å². The number of hydrogen-bond acceptors (Lipinski definition) is 2. The summed E-state index contributed by atoms with van der Waals surface area (Å²) in [6, 6.07) is 4.93. The molecule has 15 heavy (non-hydrogen) atoms. The van der Waals surface area contributed by atoms with Crippen molar-refractivity contribution in [2.24, 2.45) is 0 Å². The number of halogens is 1. The predicted octanol–water partition coefficient (Wildman–Crippen LogP) is 3.25. The Balaban J connectivity index is 2.70. The van der Waals surface area contributed by atoms with Crippen molar-refractivity contribution in [3.63, 3.8) is 0 Å². The Hall–Kier alpha value is -1.55. The summed E-state index contributed by atoms with van der Waals surface area (Å²) in [6.45, 7) is 1.73. The standard InChI is InChI=1S/C11H9FN2S/c1-7-8(3-2-4-10(7)12)9-5-13-6-14-11(9)15/h2-6H,1H3,(H,13,14,15). The van der Waals surface area contributed by atoms with Gasteiger partial charge in [-0.15, -0.1) is 0 Å². The normalized spacial score (nSPS) is 10.3. The van der Waals surface area contributed by atoms with Crippen LogP contribution in [0.15, 0.2) is 30.7 Å². The molecule has 0 unspecified atom stereocenters. The molecule has 0 saturated carbocycles. The summed E-state index contributed by atoms with van der Waals surface area (Å²) < 4.78 is 13.9. The maximum absolute atomic E-state index is 13.3. The summed E-state index contributed by atoms with van der Waals surface area (Å²) in [7, 11) is 0. The largest absolute Gasteiger partial charge is 0.337 e. The molecule has 0 spiro atoms. The van der Waals surface area contributed by atoms with E-state index in [-0.39, 0.29) is 5.82 Å². The van der Waals surface area contributed by atoms with Crippen LogP contribution in [-0.2, 0) is 0 Å². The van der Waals surface area contributed by atoms with Gasteiger partial charge in [0, 0.05) is 11.8 Å². The monoisotopic (exact) mass is 220 g/mol. The van der Waals surface area contributed by atoms with E-state index in [9.17, 15) is 4.39 Å². The second kappa shape index (κ2) is 3.90. The Labute approximate surface area is 91.8 Å². The van der Waals surface area contributed by atoms with Gasteiger partial charge in [-0.1, -0.05) is 24.4 Å². The summed E-state index contributed by atoms with van der Waals surface area (Å²) in [6.07, 6.45) is 3.15. The van der Waals surface area contributed by atoms with Gasteiger partial charge in [-0.3, -0.25) is 0 Å². The number of aromatic amines is 1. The topological polar surface area (TPSA) is 28.7 Å². The number of benzene rings is 1. The van der Waals surface area contributed by atoms with Crippen molar-refractivity contribution in [2.75, 3.05) is 0 Å². The van der Waals surface area contributed by atoms with E-state index in [1.54, 1.807) is 19.2 Å². The molecule has 0 aliphatic rings. The Kier molecular flexibility index (Phi) is 2.60. The number of hydrogen-bond donors (Lipinski definition) is 1. The van der Waals surface area contributed by atoms with Crippen LogP contribution in [0, 0.1) is 17.4 Å². The average molecular weight is 220 g/mol. The van der Waals surface area contributed by atoms with Gasteiger partial charge in [0.1, 0.15) is 10.5 Å². The third-order valence-corrected chi connectivity index (χ3v) is 2.61. The lowest BCUT2D eigenvalue weighted by molar-refractivity contribution is 0.619. The lowest BCUT2D eigenvalue weighted by Crippen LogP contribution is -1.90. The molecular weight excluding hydrogens is 211 g/mol. The minimum Gasteiger partial charge on any atom is -0.337 e. The minimum absolute atomic E-state index is 0.231. The van der Waals surface area contributed by atoms with Gasteiger partial charge in [0.25, 0.3) is 0 Å². The molecule has 0 atom stereocenters. The first-order valence-corrected chi connectivity index (χ1v) is 4.89. The fourth-order valence-corrected chi connectivity index (χ4v) is 1.65. The molecule has 76 valence electrons. The van der Waals surface area contributed by atoms with Crippen LogP contribution < -0.4 is 0 Å². The Morgan fingerprint density at radius 1 is 1.33 bits per heavy atom. The second-order valence-electron chi connectivity index (χ2n) is 3.21. The van der Waals surface area contributed by atoms with Crippen molar-refractivity contribution in [1.29, 1.82) is 0 Å². The molecule has 1 heterocycles. The number of nitrogens with one attached hydrogen (secondary N) is 1. The molecule has 1 aromatic heterocycles. The lowest BCUT2D eigenvalue weighted by Gasteiger charge is -2.05. The molecule has 2 aromatic rings. The summed E-state index contributed by atoms with van der Waals surface area (Å²) in [5.74, 6) is -0.231. The summed E-state index contributed by atoms with van der Waals surface area (Å²) >= 11 is 5.12. The van der Waals surface area contributed by atoms with Gasteiger partial charge in [0.05, 0.1) is 6.33 Å². The maximum atomic E-state index is 13.3. The smallest absolute Gasteiger partial charge is 0.126 e. The maximum Gasteiger partial charge on any atom is 0.126 e. The fourth-order valence-electron chi connectivity index (χ4n) is 1.44. The van der Waals surface area contributed by atoms with E-state index in [0.717, 1.165) is 11.1 Å². The van der Waals surface area contributed by atoms with Crippen molar-refractivity contribution in [2.45, 2.75) is 6.92 Å². The summed E-state index contributed by atoms with van der Waals surface area (Å²) in [5, 5.41) is 0. The van der Waals surface area contributed by atoms with E-state index in [4.69, 9.17) is 12.2 Å². The Morgan fingerprint density at radius 2 is 2.13 bits per heavy atom. The van der Waals surface area contributed by atoms with Crippen LogP contribution in [0.3, 0.4) is 0 Å². The fraction of sp³-hybridized carbons (Fsp3) is 0.0909. The van der Waals surface area contributed by atoms with Gasteiger partial charge in [-0.25, -0.2) is 9.37 Å². The lowest BCUT2D eigenvalue weighted by atomic mass is 10.0. The molecule has 2 nitrogen and oxygen atoms in total. The number of nitrogens with zero attached hydrogens (tertiary/aromatic N) is 1. The van der Waals surface area contributed by atoms with Gasteiger partial charge in [-0.05, 0) is 24.1 Å². The molecule has 0 aliphatic heterocycles. The quantitative estimate of drug-likeness (QED) is 0.747. The molecule has 2 rings (SSSR count). The molecule has 0 saturated heterocycles. The van der Waals surface area contributed by atoms with Crippen molar-refractivity contribution in [3.05, 3.63) is 46.7 Å². The molecular formula is C11H9FN2S. The highest BCUT2D eigenvalue weighted by Crippen LogP contribution is 2.24. The highest BCUT2D eigenvalue weighted by Gasteiger charge is 2.06. The number of aromatic nitrogens is 2. The van der Waals surface area contributed by atoms with Gasteiger partial charge in [-0.2, -0.15) is 0 Å². The van der Waals surface area contributed by atoms with Crippen molar-refractivity contribution >= 4 is 12.2 Å². The van der Waals surface area contributed by atoms with Gasteiger partial charge < -0.3 is 4.98 Å². The van der Waals surface area contributed by atoms with Crippen LogP contribution in [0.25, 0.3) is 11.1 Å². The number of H-pyrrole nitrogens is 1. The molecule has 0 fully saturated rings. The van der Waals surface area contributed by atoms with Crippen LogP contribution in [-0.4, -0.2) is 9.97 Å². The molecule has 1 aromatic carbocycles. The zero-order valence-corrected chi connectivity index (χ0v) is 8.94. The van der Waals surface area contributed by atoms with Crippen LogP contribution in [0.2, 0.25) is 0 Å². The second-order valence-corrected chi connectivity index (χ2v) is 3.62. The summed E-state index contributed by atoms with van der Waals surface area (Å²) in [4.78, 5) is 6.77. The molecule has 4 heteroatoms. The van der Waals surface area contributed by atoms with Gasteiger partial charge in [0.2, 0.25) is 0 Å². The van der Waals surface area contributed by atoms with E-state index >= 15 is 0 Å². The molecule has 0 aliphatic carbocycles. The van der Waals surface area contributed by atoms with Crippen LogP contribution in [0.5, 0.6) is 0 Å². The van der Waals surface area contributed by atoms with E-state index in [2.05, 4.69) is 9.97 Å². The first kappa shape index (κ1) is 9.98. The zero-order chi connectivity index (χ0) is 10.8. The summed E-state index contributed by atoms with van der Waals surface area (Å²) in [5.41, 5.74) is 2.12. The van der Waals surface area contributed by atoms with E-state index in [1.165, 1.54) is 12.4 Å². The molecule has 1 N–H and O–H groups in total. The third kappa shape index (κ3) is 1.80. The van der Waals surface area contributed by atoms with Crippen molar-refractivity contribution in [3.8, 4) is 11.1 Å². The number of rotatable bonds is 1. The van der Waals surface area contributed by atoms with Crippen LogP contribution in [0.4, 0.5) is 4.39 Å². The van der Waals surface area contributed by atoms with Crippen LogP contribution in [0.1, 0.15) is 5.56 Å². The van der Waals surface area contributed by atoms with E-state index < -0.39 is 0 Å². The molecule has 0 bridgehead atoms. The third-order valence-electron chi connectivity index (χ3n) is 2.28. The van der Waals surface area contributed by atoms with Gasteiger partial charge in [0.15, 0.2) is 0 Å². The Morgan fingerprint density at radius 3 is 2.87 bits per heavy atom. The highest BCUT2D eigenvalue weighted by molar-refractivity contribution is 7.71. The SMILES string of the molecule is Cc1c(F)cccc1-c1cnc[nH]c1=S.